The zero-order valence-electron chi connectivity index (χ0n) is 10.6. The SMILES string of the molecule is CNc1cccc(C(=O)NC(C)c2ccc(Cl)s2)n1. The minimum atomic E-state index is -0.200. The lowest BCUT2D eigenvalue weighted by atomic mass is 10.2. The van der Waals surface area contributed by atoms with E-state index in [1.807, 2.05) is 19.1 Å². The first-order valence-electron chi connectivity index (χ1n) is 5.81. The summed E-state index contributed by atoms with van der Waals surface area (Å²) in [4.78, 5) is 17.3. The molecule has 0 aromatic carbocycles. The number of halogens is 1. The molecule has 0 radical (unpaired) electrons. The van der Waals surface area contributed by atoms with Crippen molar-refractivity contribution in [2.24, 2.45) is 0 Å². The van der Waals surface area contributed by atoms with Gasteiger partial charge in [0.15, 0.2) is 0 Å². The van der Waals surface area contributed by atoms with E-state index >= 15 is 0 Å². The van der Waals surface area contributed by atoms with E-state index in [1.54, 1.807) is 25.2 Å². The van der Waals surface area contributed by atoms with Gasteiger partial charge in [-0.15, -0.1) is 11.3 Å². The van der Waals surface area contributed by atoms with E-state index in [-0.39, 0.29) is 11.9 Å². The highest BCUT2D eigenvalue weighted by Gasteiger charge is 2.14. The molecule has 6 heteroatoms. The molecular weight excluding hydrogens is 282 g/mol. The third kappa shape index (κ3) is 3.45. The van der Waals surface area contributed by atoms with Gasteiger partial charge in [-0.3, -0.25) is 4.79 Å². The number of aromatic nitrogens is 1. The summed E-state index contributed by atoms with van der Waals surface area (Å²) in [6, 6.07) is 8.92. The Morgan fingerprint density at radius 2 is 2.16 bits per heavy atom. The lowest BCUT2D eigenvalue weighted by Crippen LogP contribution is -2.27. The summed E-state index contributed by atoms with van der Waals surface area (Å²) < 4.78 is 0.714. The highest BCUT2D eigenvalue weighted by atomic mass is 35.5. The van der Waals surface area contributed by atoms with Gasteiger partial charge in [-0.1, -0.05) is 17.7 Å². The van der Waals surface area contributed by atoms with Crippen LogP contribution in [0.4, 0.5) is 5.82 Å². The largest absolute Gasteiger partial charge is 0.373 e. The molecule has 0 aliphatic carbocycles. The summed E-state index contributed by atoms with van der Waals surface area (Å²) >= 11 is 7.34. The second kappa shape index (κ2) is 6.04. The Bertz CT molecular complexity index is 585. The van der Waals surface area contributed by atoms with Crippen LogP contribution in [-0.2, 0) is 0 Å². The second-order valence-corrected chi connectivity index (χ2v) is 5.74. The summed E-state index contributed by atoms with van der Waals surface area (Å²) in [7, 11) is 1.76. The number of carbonyl (C=O) groups excluding carboxylic acids is 1. The van der Waals surface area contributed by atoms with Gasteiger partial charge in [0.1, 0.15) is 11.5 Å². The number of anilines is 1. The van der Waals surface area contributed by atoms with Crippen LogP contribution in [0.15, 0.2) is 30.3 Å². The Kier molecular flexibility index (Phi) is 4.39. The molecule has 0 saturated carbocycles. The molecule has 0 aliphatic rings. The summed E-state index contributed by atoms with van der Waals surface area (Å²) in [5.74, 6) is 0.466. The van der Waals surface area contributed by atoms with Gasteiger partial charge in [0, 0.05) is 11.9 Å². The summed E-state index contributed by atoms with van der Waals surface area (Å²) in [6.07, 6.45) is 0. The number of thiophene rings is 1. The molecular formula is C13H14ClN3OS. The molecule has 2 aromatic rings. The molecule has 0 fully saturated rings. The van der Waals surface area contributed by atoms with E-state index in [0.29, 0.717) is 15.8 Å². The molecule has 1 atom stereocenters. The third-order valence-electron chi connectivity index (χ3n) is 2.61. The first kappa shape index (κ1) is 13.8. The molecule has 100 valence electrons. The van der Waals surface area contributed by atoms with Crippen molar-refractivity contribution in [3.63, 3.8) is 0 Å². The zero-order valence-corrected chi connectivity index (χ0v) is 12.2. The average Bonchev–Trinajstić information content (AvgIpc) is 2.85. The Hall–Kier alpha value is -1.59. The highest BCUT2D eigenvalue weighted by molar-refractivity contribution is 7.16. The first-order valence-corrected chi connectivity index (χ1v) is 7.00. The quantitative estimate of drug-likeness (QED) is 0.910. The van der Waals surface area contributed by atoms with Gasteiger partial charge in [-0.2, -0.15) is 0 Å². The van der Waals surface area contributed by atoms with Crippen molar-refractivity contribution < 1.29 is 4.79 Å². The average molecular weight is 296 g/mol. The summed E-state index contributed by atoms with van der Waals surface area (Å²) in [5, 5.41) is 5.80. The van der Waals surface area contributed by atoms with Crippen LogP contribution in [0.5, 0.6) is 0 Å². The Labute approximate surface area is 120 Å². The maximum atomic E-state index is 12.1. The number of nitrogens with zero attached hydrogens (tertiary/aromatic N) is 1. The summed E-state index contributed by atoms with van der Waals surface area (Å²) in [6.45, 7) is 1.92. The van der Waals surface area contributed by atoms with Gasteiger partial charge in [0.25, 0.3) is 5.91 Å². The van der Waals surface area contributed by atoms with Crippen molar-refractivity contribution in [3.05, 3.63) is 45.2 Å². The molecule has 0 aliphatic heterocycles. The number of rotatable bonds is 4. The first-order chi connectivity index (χ1) is 9.10. The number of pyridine rings is 1. The van der Waals surface area contributed by atoms with Crippen LogP contribution in [0.25, 0.3) is 0 Å². The fourth-order valence-electron chi connectivity index (χ4n) is 1.60. The van der Waals surface area contributed by atoms with Crippen LogP contribution >= 0.6 is 22.9 Å². The predicted molar refractivity (Wildman–Crippen MR) is 79.0 cm³/mol. The number of carbonyl (C=O) groups is 1. The van der Waals surface area contributed by atoms with Gasteiger partial charge in [0.05, 0.1) is 10.4 Å². The topological polar surface area (TPSA) is 54.0 Å². The van der Waals surface area contributed by atoms with E-state index in [0.717, 1.165) is 4.88 Å². The Morgan fingerprint density at radius 3 is 2.79 bits per heavy atom. The van der Waals surface area contributed by atoms with E-state index < -0.39 is 0 Å². The van der Waals surface area contributed by atoms with E-state index in [4.69, 9.17) is 11.6 Å². The molecule has 2 heterocycles. The Balaban J connectivity index is 2.08. The smallest absolute Gasteiger partial charge is 0.270 e. The second-order valence-electron chi connectivity index (χ2n) is 4.00. The van der Waals surface area contributed by atoms with Crippen molar-refractivity contribution in [2.45, 2.75) is 13.0 Å². The molecule has 19 heavy (non-hydrogen) atoms. The van der Waals surface area contributed by atoms with Crippen molar-refractivity contribution >= 4 is 34.7 Å². The molecule has 0 bridgehead atoms. The van der Waals surface area contributed by atoms with Crippen molar-refractivity contribution in [3.8, 4) is 0 Å². The van der Waals surface area contributed by atoms with Crippen molar-refractivity contribution in [1.29, 1.82) is 0 Å². The van der Waals surface area contributed by atoms with Crippen LogP contribution in [-0.4, -0.2) is 17.9 Å². The molecule has 2 aromatic heterocycles. The number of hydrogen-bond acceptors (Lipinski definition) is 4. The van der Waals surface area contributed by atoms with Gasteiger partial charge in [-0.25, -0.2) is 4.98 Å². The molecule has 4 nitrogen and oxygen atoms in total. The lowest BCUT2D eigenvalue weighted by Gasteiger charge is -2.12. The minimum absolute atomic E-state index is 0.0926. The number of nitrogens with one attached hydrogen (secondary N) is 2. The van der Waals surface area contributed by atoms with Crippen molar-refractivity contribution in [2.75, 3.05) is 12.4 Å². The van der Waals surface area contributed by atoms with E-state index in [1.165, 1.54) is 11.3 Å². The predicted octanol–water partition coefficient (Wildman–Crippen LogP) is 3.33. The van der Waals surface area contributed by atoms with E-state index in [2.05, 4.69) is 15.6 Å². The molecule has 0 spiro atoms. The number of amides is 1. The molecule has 2 N–H and O–H groups in total. The molecule has 1 amide bonds. The maximum absolute atomic E-state index is 12.1. The molecule has 1 unspecified atom stereocenters. The highest BCUT2D eigenvalue weighted by Crippen LogP contribution is 2.26. The van der Waals surface area contributed by atoms with Crippen LogP contribution in [0.1, 0.15) is 28.3 Å². The van der Waals surface area contributed by atoms with E-state index in [9.17, 15) is 4.79 Å². The molecule has 0 saturated heterocycles. The number of hydrogen-bond donors (Lipinski definition) is 2. The van der Waals surface area contributed by atoms with Crippen LogP contribution in [0, 0.1) is 0 Å². The third-order valence-corrected chi connectivity index (χ3v) is 4.02. The monoisotopic (exact) mass is 295 g/mol. The van der Waals surface area contributed by atoms with Gasteiger partial charge in [-0.05, 0) is 31.2 Å². The molecule has 2 rings (SSSR count). The van der Waals surface area contributed by atoms with Gasteiger partial charge in [0.2, 0.25) is 0 Å². The minimum Gasteiger partial charge on any atom is -0.373 e. The normalized spacial score (nSPS) is 11.9. The summed E-state index contributed by atoms with van der Waals surface area (Å²) in [5.41, 5.74) is 0.390. The lowest BCUT2D eigenvalue weighted by molar-refractivity contribution is 0.0935. The van der Waals surface area contributed by atoms with Gasteiger partial charge < -0.3 is 10.6 Å². The fraction of sp³-hybridized carbons (Fsp3) is 0.231. The zero-order chi connectivity index (χ0) is 13.8. The Morgan fingerprint density at radius 1 is 1.37 bits per heavy atom. The van der Waals surface area contributed by atoms with Crippen molar-refractivity contribution in [1.82, 2.24) is 10.3 Å². The van der Waals surface area contributed by atoms with Crippen LogP contribution in [0.3, 0.4) is 0 Å². The van der Waals surface area contributed by atoms with Crippen LogP contribution in [0.2, 0.25) is 4.34 Å². The van der Waals surface area contributed by atoms with Crippen LogP contribution < -0.4 is 10.6 Å². The van der Waals surface area contributed by atoms with Gasteiger partial charge >= 0.3 is 0 Å². The fourth-order valence-corrected chi connectivity index (χ4v) is 2.67. The standard InChI is InChI=1S/C13H14ClN3OS/c1-8(10-6-7-11(14)19-10)16-13(18)9-4-3-5-12(15-2)17-9/h3-8H,1-2H3,(H,15,17)(H,16,18). The maximum Gasteiger partial charge on any atom is 0.270 e.